The van der Waals surface area contributed by atoms with E-state index in [0.29, 0.717) is 6.54 Å². The zero-order chi connectivity index (χ0) is 12.1. The average molecular weight is 227 g/mol. The minimum absolute atomic E-state index is 0.163. The van der Waals surface area contributed by atoms with Gasteiger partial charge in [0.2, 0.25) is 5.91 Å². The first-order valence-electron chi connectivity index (χ1n) is 5.27. The maximum atomic E-state index is 11.0. The first kappa shape index (κ1) is 11.1. The van der Waals surface area contributed by atoms with Crippen molar-refractivity contribution in [1.29, 1.82) is 0 Å². The summed E-state index contributed by atoms with van der Waals surface area (Å²) in [4.78, 5) is 15.0. The van der Waals surface area contributed by atoms with Crippen LogP contribution in [0.15, 0.2) is 55.6 Å². The molecule has 0 fully saturated rings. The van der Waals surface area contributed by atoms with E-state index in [9.17, 15) is 4.79 Å². The molecule has 1 N–H and O–H groups in total. The molecule has 2 aromatic rings. The normalized spacial score (nSPS) is 9.88. The Hall–Kier alpha value is -2.36. The Morgan fingerprint density at radius 2 is 2.18 bits per heavy atom. The lowest BCUT2D eigenvalue weighted by Gasteiger charge is -2.05. The summed E-state index contributed by atoms with van der Waals surface area (Å²) in [6, 6.07) is 7.91. The highest BCUT2D eigenvalue weighted by Crippen LogP contribution is 2.08. The van der Waals surface area contributed by atoms with Gasteiger partial charge in [0.1, 0.15) is 0 Å². The van der Waals surface area contributed by atoms with E-state index < -0.39 is 0 Å². The van der Waals surface area contributed by atoms with Gasteiger partial charge in [-0.15, -0.1) is 0 Å². The molecule has 0 spiro atoms. The van der Waals surface area contributed by atoms with Crippen LogP contribution in [0.5, 0.6) is 0 Å². The zero-order valence-corrected chi connectivity index (χ0v) is 9.34. The van der Waals surface area contributed by atoms with Crippen molar-refractivity contribution >= 4 is 5.91 Å². The summed E-state index contributed by atoms with van der Waals surface area (Å²) in [7, 11) is 0. The van der Waals surface area contributed by atoms with E-state index in [0.717, 1.165) is 11.3 Å². The van der Waals surface area contributed by atoms with Crippen LogP contribution in [0.1, 0.15) is 5.56 Å². The van der Waals surface area contributed by atoms with Gasteiger partial charge in [0.05, 0.1) is 6.33 Å². The van der Waals surface area contributed by atoms with Gasteiger partial charge < -0.3 is 9.88 Å². The van der Waals surface area contributed by atoms with Crippen LogP contribution < -0.4 is 5.32 Å². The molecule has 1 amide bonds. The van der Waals surface area contributed by atoms with Crippen molar-refractivity contribution in [3.05, 3.63) is 61.2 Å². The fourth-order valence-electron chi connectivity index (χ4n) is 1.46. The third-order valence-corrected chi connectivity index (χ3v) is 2.39. The van der Waals surface area contributed by atoms with Crippen molar-refractivity contribution in [2.45, 2.75) is 6.54 Å². The zero-order valence-electron chi connectivity index (χ0n) is 9.34. The van der Waals surface area contributed by atoms with Gasteiger partial charge >= 0.3 is 0 Å². The van der Waals surface area contributed by atoms with Crippen LogP contribution in [0.3, 0.4) is 0 Å². The van der Waals surface area contributed by atoms with Gasteiger partial charge in [-0.05, 0) is 23.8 Å². The van der Waals surface area contributed by atoms with Gasteiger partial charge in [-0.1, -0.05) is 18.7 Å². The largest absolute Gasteiger partial charge is 0.348 e. The lowest BCUT2D eigenvalue weighted by atomic mass is 10.2. The Labute approximate surface area is 99.6 Å². The molecule has 86 valence electrons. The SMILES string of the molecule is C=CC(=O)NCc1ccc(-n2ccnc2)cc1. The Kier molecular flexibility index (Phi) is 3.35. The highest BCUT2D eigenvalue weighted by atomic mass is 16.1. The van der Waals surface area contributed by atoms with Crippen LogP contribution >= 0.6 is 0 Å². The molecule has 0 bridgehead atoms. The minimum Gasteiger partial charge on any atom is -0.348 e. The number of carbonyl (C=O) groups excluding carboxylic acids is 1. The number of hydrogen-bond acceptors (Lipinski definition) is 2. The Morgan fingerprint density at radius 3 is 2.76 bits per heavy atom. The molecular formula is C13H13N3O. The second kappa shape index (κ2) is 5.12. The van der Waals surface area contributed by atoms with Gasteiger partial charge in [-0.3, -0.25) is 4.79 Å². The van der Waals surface area contributed by atoms with E-state index in [1.165, 1.54) is 6.08 Å². The summed E-state index contributed by atoms with van der Waals surface area (Å²) in [6.07, 6.45) is 6.63. The van der Waals surface area contributed by atoms with Crippen LogP contribution in [0.25, 0.3) is 5.69 Å². The van der Waals surface area contributed by atoms with Crippen molar-refractivity contribution < 1.29 is 4.79 Å². The minimum atomic E-state index is -0.163. The molecule has 0 saturated heterocycles. The first-order chi connectivity index (χ1) is 8.29. The third kappa shape index (κ3) is 2.81. The fraction of sp³-hybridized carbons (Fsp3) is 0.0769. The molecule has 1 aromatic heterocycles. The maximum Gasteiger partial charge on any atom is 0.243 e. The topological polar surface area (TPSA) is 46.9 Å². The number of carbonyl (C=O) groups is 1. The predicted molar refractivity (Wildman–Crippen MR) is 65.6 cm³/mol. The third-order valence-electron chi connectivity index (χ3n) is 2.39. The van der Waals surface area contributed by atoms with Gasteiger partial charge in [0.15, 0.2) is 0 Å². The number of rotatable bonds is 4. The Bertz CT molecular complexity index is 500. The molecule has 4 nitrogen and oxygen atoms in total. The molecule has 2 rings (SSSR count). The highest BCUT2D eigenvalue weighted by Gasteiger charge is 1.98. The van der Waals surface area contributed by atoms with Crippen molar-refractivity contribution in [2.24, 2.45) is 0 Å². The quantitative estimate of drug-likeness (QED) is 0.808. The number of nitrogens with one attached hydrogen (secondary N) is 1. The maximum absolute atomic E-state index is 11.0. The van der Waals surface area contributed by atoms with Crippen molar-refractivity contribution in [2.75, 3.05) is 0 Å². The molecular weight excluding hydrogens is 214 g/mol. The lowest BCUT2D eigenvalue weighted by Crippen LogP contribution is -2.19. The smallest absolute Gasteiger partial charge is 0.243 e. The molecule has 1 heterocycles. The van der Waals surface area contributed by atoms with E-state index >= 15 is 0 Å². The molecule has 0 aliphatic heterocycles. The van der Waals surface area contributed by atoms with E-state index in [-0.39, 0.29) is 5.91 Å². The predicted octanol–water partition coefficient (Wildman–Crippen LogP) is 1.67. The second-order valence-corrected chi connectivity index (χ2v) is 3.56. The van der Waals surface area contributed by atoms with Crippen molar-refractivity contribution in [1.82, 2.24) is 14.9 Å². The van der Waals surface area contributed by atoms with Crippen molar-refractivity contribution in [3.8, 4) is 5.69 Å². The standard InChI is InChI=1S/C13H13N3O/c1-2-13(17)15-9-11-3-5-12(6-4-11)16-8-7-14-10-16/h2-8,10H,1,9H2,(H,15,17). The fourth-order valence-corrected chi connectivity index (χ4v) is 1.46. The summed E-state index contributed by atoms with van der Waals surface area (Å²) in [5.41, 5.74) is 2.09. The molecule has 17 heavy (non-hydrogen) atoms. The summed E-state index contributed by atoms with van der Waals surface area (Å²) in [5, 5.41) is 2.73. The van der Waals surface area contributed by atoms with Crippen LogP contribution in [0.2, 0.25) is 0 Å². The molecule has 0 radical (unpaired) electrons. The van der Waals surface area contributed by atoms with Gasteiger partial charge in [0.25, 0.3) is 0 Å². The van der Waals surface area contributed by atoms with Gasteiger partial charge in [0, 0.05) is 24.6 Å². The Morgan fingerprint density at radius 1 is 1.41 bits per heavy atom. The van der Waals surface area contributed by atoms with Crippen LogP contribution in [0, 0.1) is 0 Å². The number of hydrogen-bond donors (Lipinski definition) is 1. The molecule has 0 aliphatic carbocycles. The summed E-state index contributed by atoms with van der Waals surface area (Å²) < 4.78 is 1.92. The summed E-state index contributed by atoms with van der Waals surface area (Å²) in [5.74, 6) is -0.163. The van der Waals surface area contributed by atoms with E-state index in [1.807, 2.05) is 35.0 Å². The van der Waals surface area contributed by atoms with E-state index in [2.05, 4.69) is 16.9 Å². The number of aromatic nitrogens is 2. The molecule has 0 atom stereocenters. The lowest BCUT2D eigenvalue weighted by molar-refractivity contribution is -0.116. The molecule has 4 heteroatoms. The number of amides is 1. The van der Waals surface area contributed by atoms with E-state index in [4.69, 9.17) is 0 Å². The van der Waals surface area contributed by atoms with Crippen LogP contribution in [-0.4, -0.2) is 15.5 Å². The average Bonchev–Trinajstić information content (AvgIpc) is 2.90. The second-order valence-electron chi connectivity index (χ2n) is 3.56. The van der Waals surface area contributed by atoms with E-state index in [1.54, 1.807) is 12.5 Å². The number of nitrogens with zero attached hydrogens (tertiary/aromatic N) is 2. The molecule has 0 saturated carbocycles. The summed E-state index contributed by atoms with van der Waals surface area (Å²) >= 11 is 0. The summed E-state index contributed by atoms with van der Waals surface area (Å²) in [6.45, 7) is 3.91. The monoisotopic (exact) mass is 227 g/mol. The molecule has 0 aliphatic rings. The van der Waals surface area contributed by atoms with Gasteiger partial charge in [-0.25, -0.2) is 4.98 Å². The number of imidazole rings is 1. The van der Waals surface area contributed by atoms with Gasteiger partial charge in [-0.2, -0.15) is 0 Å². The molecule has 1 aromatic carbocycles. The Balaban J connectivity index is 2.03. The van der Waals surface area contributed by atoms with Crippen LogP contribution in [0.4, 0.5) is 0 Å². The number of benzene rings is 1. The first-order valence-corrected chi connectivity index (χ1v) is 5.27. The van der Waals surface area contributed by atoms with Crippen molar-refractivity contribution in [3.63, 3.8) is 0 Å². The van der Waals surface area contributed by atoms with Crippen LogP contribution in [-0.2, 0) is 11.3 Å². The molecule has 0 unspecified atom stereocenters. The highest BCUT2D eigenvalue weighted by molar-refractivity contribution is 5.86.